The first-order chi connectivity index (χ1) is 22.3. The van der Waals surface area contributed by atoms with Gasteiger partial charge in [0.2, 0.25) is 23.5 Å². The number of aromatic nitrogens is 2. The molecule has 0 radical (unpaired) electrons. The van der Waals surface area contributed by atoms with Gasteiger partial charge in [-0.1, -0.05) is 49.4 Å². The number of hydrogen-bond donors (Lipinski definition) is 5. The number of hydrogen-bond acceptors (Lipinski definition) is 8. The highest BCUT2D eigenvalue weighted by Crippen LogP contribution is 2.21. The van der Waals surface area contributed by atoms with E-state index in [1.165, 1.54) is 11.3 Å². The number of nitrogens with one attached hydrogen (secondary N) is 5. The molecule has 0 aliphatic carbocycles. The molecule has 1 aliphatic heterocycles. The Balaban J connectivity index is 1.27. The second kappa shape index (κ2) is 15.7. The predicted molar refractivity (Wildman–Crippen MR) is 181 cm³/mol. The molecule has 5 N–H and O–H groups in total. The number of H-pyrrole nitrogens is 1. The maximum atomic E-state index is 13.4. The average molecular weight is 660 g/mol. The molecule has 5 rings (SSSR count). The molecule has 3 heterocycles. The Labute approximate surface area is 275 Å². The number of carbonyl (C=O) groups excluding carboxylic acids is 4. The molecule has 3 amide bonds. The second-order valence-electron chi connectivity index (χ2n) is 10.9. The van der Waals surface area contributed by atoms with E-state index in [1.807, 2.05) is 71.4 Å². The highest BCUT2D eigenvalue weighted by atomic mass is 32.2. The molecule has 13 heteroatoms. The Hall–Kier alpha value is -4.49. The third-order valence-corrected chi connectivity index (χ3v) is 9.54. The topological polar surface area (TPSA) is 160 Å². The molecule has 0 spiro atoms. The van der Waals surface area contributed by atoms with Gasteiger partial charge >= 0.3 is 0 Å². The van der Waals surface area contributed by atoms with Crippen molar-refractivity contribution in [2.45, 2.75) is 38.3 Å². The summed E-state index contributed by atoms with van der Waals surface area (Å²) in [4.78, 5) is 61.8. The van der Waals surface area contributed by atoms with Crippen LogP contribution in [0.5, 0.6) is 0 Å². The maximum absolute atomic E-state index is 13.4. The van der Waals surface area contributed by atoms with Gasteiger partial charge in [-0.15, -0.1) is 11.3 Å². The number of Topliss-reactive ketones (excluding diaryl/α,β-unsaturated/α-hetero) is 1. The van der Waals surface area contributed by atoms with E-state index < -0.39 is 30.4 Å². The summed E-state index contributed by atoms with van der Waals surface area (Å²) >= 11 is 3.05. The molecule has 1 aliphatic rings. The molecule has 240 valence electrons. The van der Waals surface area contributed by atoms with Crippen molar-refractivity contribution in [3.05, 3.63) is 88.0 Å². The number of amidine groups is 1. The molecule has 2 unspecified atom stereocenters. The van der Waals surface area contributed by atoms with Crippen molar-refractivity contribution in [3.63, 3.8) is 0 Å². The quantitative estimate of drug-likeness (QED) is 0.0838. The van der Waals surface area contributed by atoms with Crippen LogP contribution in [0.1, 0.15) is 39.8 Å². The van der Waals surface area contributed by atoms with Crippen LogP contribution in [0, 0.1) is 5.41 Å². The van der Waals surface area contributed by atoms with Gasteiger partial charge in [-0.05, 0) is 17.2 Å². The standard InChI is InChI=1S/C33H37N7O4S2/c1-2-28(41)39-27(17-21-7-3-4-9-24(21)31(34)40-12-15-45-16-13-40)32(44)37-20-29(42)38-26(30(43)33-35-11-14-46-33)18-22-19-36-25-10-6-5-8-23(22)25/h3-11,14,19,26-27,34,36H,2,12-13,15-18,20H2,1H3,(H,37,44)(H,38,42)(H,39,41). The molecule has 2 atom stereocenters. The van der Waals surface area contributed by atoms with Crippen molar-refractivity contribution in [1.29, 1.82) is 5.41 Å². The van der Waals surface area contributed by atoms with Crippen molar-refractivity contribution in [2.75, 3.05) is 31.1 Å². The molecule has 0 bridgehead atoms. The number of nitrogens with zero attached hydrogens (tertiary/aromatic N) is 2. The predicted octanol–water partition coefficient (Wildman–Crippen LogP) is 3.16. The first-order valence-electron chi connectivity index (χ1n) is 15.2. The van der Waals surface area contributed by atoms with Gasteiger partial charge in [-0.25, -0.2) is 4.98 Å². The van der Waals surface area contributed by atoms with Gasteiger partial charge in [0.05, 0.1) is 12.6 Å². The number of rotatable bonds is 13. The van der Waals surface area contributed by atoms with Crippen LogP contribution >= 0.6 is 23.1 Å². The van der Waals surface area contributed by atoms with Gasteiger partial charge in [0.15, 0.2) is 5.01 Å². The fourth-order valence-electron chi connectivity index (χ4n) is 5.37. The van der Waals surface area contributed by atoms with Crippen molar-refractivity contribution in [2.24, 2.45) is 0 Å². The smallest absolute Gasteiger partial charge is 0.243 e. The lowest BCUT2D eigenvalue weighted by Gasteiger charge is -2.30. The number of fused-ring (bicyclic) bond motifs is 1. The summed E-state index contributed by atoms with van der Waals surface area (Å²) in [7, 11) is 0. The SMILES string of the molecule is CCC(=O)NC(Cc1ccccc1C(=N)N1CCSCC1)C(=O)NCC(=O)NC(Cc1c[nH]c2ccccc12)C(=O)c1nccs1. The molecule has 2 aromatic carbocycles. The van der Waals surface area contributed by atoms with Crippen LogP contribution in [-0.2, 0) is 27.2 Å². The molecule has 0 saturated carbocycles. The fourth-order valence-corrected chi connectivity index (χ4v) is 6.91. The first kappa shape index (κ1) is 32.9. The molecule has 2 aromatic heterocycles. The summed E-state index contributed by atoms with van der Waals surface area (Å²) in [5, 5.41) is 20.0. The van der Waals surface area contributed by atoms with E-state index in [0.29, 0.717) is 11.4 Å². The van der Waals surface area contributed by atoms with E-state index in [9.17, 15) is 19.2 Å². The highest BCUT2D eigenvalue weighted by Gasteiger charge is 2.28. The molecule has 1 saturated heterocycles. The summed E-state index contributed by atoms with van der Waals surface area (Å²) in [5.74, 6) is 0.575. The minimum absolute atomic E-state index is 0.145. The lowest BCUT2D eigenvalue weighted by molar-refractivity contribution is -0.130. The Kier molecular flexibility index (Phi) is 11.2. The van der Waals surface area contributed by atoms with Gasteiger partial charge in [-0.3, -0.25) is 24.6 Å². The first-order valence-corrected chi connectivity index (χ1v) is 17.2. The zero-order valence-electron chi connectivity index (χ0n) is 25.5. The number of amides is 3. The van der Waals surface area contributed by atoms with Crippen LogP contribution in [0.2, 0.25) is 0 Å². The molecule has 46 heavy (non-hydrogen) atoms. The van der Waals surface area contributed by atoms with Crippen LogP contribution in [0.3, 0.4) is 0 Å². The van der Waals surface area contributed by atoms with E-state index in [1.54, 1.807) is 18.5 Å². The lowest BCUT2D eigenvalue weighted by atomic mass is 9.98. The zero-order valence-corrected chi connectivity index (χ0v) is 27.1. The summed E-state index contributed by atoms with van der Waals surface area (Å²) in [6.07, 6.45) is 3.92. The Bertz CT molecular complexity index is 1700. The molecule has 1 fully saturated rings. The Morgan fingerprint density at radius 1 is 0.957 bits per heavy atom. The van der Waals surface area contributed by atoms with Crippen molar-refractivity contribution in [1.82, 2.24) is 30.8 Å². The highest BCUT2D eigenvalue weighted by molar-refractivity contribution is 7.99. The summed E-state index contributed by atoms with van der Waals surface area (Å²) in [6, 6.07) is 13.2. The lowest BCUT2D eigenvalue weighted by Crippen LogP contribution is -2.52. The summed E-state index contributed by atoms with van der Waals surface area (Å²) in [5.41, 5.74) is 3.24. The van der Waals surface area contributed by atoms with Crippen molar-refractivity contribution in [3.8, 4) is 0 Å². The Morgan fingerprint density at radius 3 is 2.43 bits per heavy atom. The van der Waals surface area contributed by atoms with Gasteiger partial charge in [0.25, 0.3) is 0 Å². The van der Waals surface area contributed by atoms with Crippen molar-refractivity contribution < 1.29 is 19.2 Å². The van der Waals surface area contributed by atoms with Crippen LogP contribution in [0.25, 0.3) is 10.9 Å². The zero-order chi connectivity index (χ0) is 32.5. The van der Waals surface area contributed by atoms with E-state index in [2.05, 4.69) is 25.9 Å². The van der Waals surface area contributed by atoms with Gasteiger partial charge < -0.3 is 25.8 Å². The largest absolute Gasteiger partial charge is 0.361 e. The average Bonchev–Trinajstić information content (AvgIpc) is 3.77. The number of benzene rings is 2. The van der Waals surface area contributed by atoms with Crippen LogP contribution in [0.15, 0.2) is 66.3 Å². The number of thioether (sulfide) groups is 1. The number of aromatic amines is 1. The van der Waals surface area contributed by atoms with E-state index in [4.69, 9.17) is 5.41 Å². The maximum Gasteiger partial charge on any atom is 0.243 e. The minimum atomic E-state index is -0.968. The van der Waals surface area contributed by atoms with Crippen LogP contribution < -0.4 is 16.0 Å². The van der Waals surface area contributed by atoms with Crippen molar-refractivity contribution >= 4 is 63.3 Å². The van der Waals surface area contributed by atoms with E-state index in [-0.39, 0.29) is 36.0 Å². The minimum Gasteiger partial charge on any atom is -0.361 e. The van der Waals surface area contributed by atoms with Gasteiger partial charge in [-0.2, -0.15) is 11.8 Å². The summed E-state index contributed by atoms with van der Waals surface area (Å²) in [6.45, 7) is 2.85. The monoisotopic (exact) mass is 659 g/mol. The Morgan fingerprint density at radius 2 is 1.67 bits per heavy atom. The van der Waals surface area contributed by atoms with Crippen LogP contribution in [0.4, 0.5) is 0 Å². The number of carbonyl (C=O) groups is 4. The third kappa shape index (κ3) is 8.20. The van der Waals surface area contributed by atoms with E-state index >= 15 is 0 Å². The second-order valence-corrected chi connectivity index (χ2v) is 13.0. The summed E-state index contributed by atoms with van der Waals surface area (Å²) < 4.78 is 0. The van der Waals surface area contributed by atoms with Crippen LogP contribution in [-0.4, -0.2) is 87.4 Å². The number of ketones is 1. The third-order valence-electron chi connectivity index (χ3n) is 7.81. The molecular weight excluding hydrogens is 623 g/mol. The normalized spacial score (nSPS) is 14.3. The molecule has 4 aromatic rings. The molecular formula is C33H37N7O4S2. The van der Waals surface area contributed by atoms with Gasteiger partial charge in [0.1, 0.15) is 11.9 Å². The molecule has 11 nitrogen and oxygen atoms in total. The number of thiazole rings is 1. The fraction of sp³-hybridized carbons (Fsp3) is 0.333. The van der Waals surface area contributed by atoms with E-state index in [0.717, 1.165) is 46.6 Å². The van der Waals surface area contributed by atoms with Gasteiger partial charge in [0, 0.05) is 78.1 Å². The number of para-hydroxylation sites is 1.